The summed E-state index contributed by atoms with van der Waals surface area (Å²) in [6.45, 7) is 9.98. The summed E-state index contributed by atoms with van der Waals surface area (Å²) in [5, 5.41) is 10.8. The van der Waals surface area contributed by atoms with Crippen molar-refractivity contribution >= 4 is 0 Å². The zero-order valence-corrected chi connectivity index (χ0v) is 26.2. The lowest BCUT2D eigenvalue weighted by Crippen LogP contribution is -2.71. The first-order chi connectivity index (χ1) is 19.7. The molecular formula is C34H50F3NO4. The van der Waals surface area contributed by atoms with Crippen LogP contribution in [0.4, 0.5) is 13.2 Å². The largest absolute Gasteiger partial charge is 0.481 e. The number of aliphatic hydroxyl groups is 1. The monoisotopic (exact) mass is 593 g/mol. The van der Waals surface area contributed by atoms with E-state index in [1.54, 1.807) is 33.2 Å². The minimum absolute atomic E-state index is 0.111. The Hall–Kier alpha value is -1.38. The molecule has 0 radical (unpaired) electrons. The Balaban J connectivity index is 1.17. The third-order valence-corrected chi connectivity index (χ3v) is 12.9. The molecule has 0 bridgehead atoms. The van der Waals surface area contributed by atoms with E-state index < -0.39 is 53.4 Å². The van der Waals surface area contributed by atoms with Crippen LogP contribution in [0.3, 0.4) is 0 Å². The van der Waals surface area contributed by atoms with Gasteiger partial charge in [0.25, 0.3) is 5.92 Å². The smallest absolute Gasteiger partial charge is 0.254 e. The molecule has 4 saturated carbocycles. The number of alkyl halides is 3. The summed E-state index contributed by atoms with van der Waals surface area (Å²) in [4.78, 5) is 4.20. The molecule has 1 aliphatic heterocycles. The molecule has 1 saturated heterocycles. The molecule has 6 rings (SSSR count). The van der Waals surface area contributed by atoms with Crippen LogP contribution >= 0.6 is 0 Å². The highest BCUT2D eigenvalue weighted by Crippen LogP contribution is 2.73. The van der Waals surface area contributed by atoms with Gasteiger partial charge in [0.05, 0.1) is 19.3 Å². The summed E-state index contributed by atoms with van der Waals surface area (Å²) in [6, 6.07) is 3.64. The number of hydrogen-bond donors (Lipinski definition) is 1. The van der Waals surface area contributed by atoms with Crippen molar-refractivity contribution in [3.63, 3.8) is 0 Å². The number of aliphatic hydroxyl groups excluding tert-OH is 1. The van der Waals surface area contributed by atoms with Crippen LogP contribution < -0.4 is 4.74 Å². The molecule has 2 heterocycles. The van der Waals surface area contributed by atoms with Gasteiger partial charge in [-0.3, -0.25) is 0 Å². The van der Waals surface area contributed by atoms with Gasteiger partial charge < -0.3 is 19.3 Å². The van der Waals surface area contributed by atoms with E-state index in [2.05, 4.69) is 18.8 Å². The van der Waals surface area contributed by atoms with Crippen molar-refractivity contribution in [3.8, 4) is 5.88 Å². The van der Waals surface area contributed by atoms with Gasteiger partial charge in [0.2, 0.25) is 5.88 Å². The number of halogens is 3. The van der Waals surface area contributed by atoms with Crippen molar-refractivity contribution in [2.75, 3.05) is 7.11 Å². The maximum absolute atomic E-state index is 17.3. The van der Waals surface area contributed by atoms with Gasteiger partial charge in [0, 0.05) is 29.5 Å². The minimum Gasteiger partial charge on any atom is -0.481 e. The number of ether oxygens (including phenoxy) is 3. The standard InChI is InChI=1S/C34H50F3NO4/c1-20(9-7-11-25(39)21-10-8-18-38-29(21)40-6)22-12-13-23-27-24(14-16-31(22,23)4)32(5)17-15-26-28(42-30(2,3)41-26)33(32,35)19-34(27,36)37/h8,10,18,20,22-28,39H,7,9,11-17,19H2,1-6H3/t20-,22-,23+,24+,25?,26+,27+,28+,31-,32-,33-/m1/s1. The van der Waals surface area contributed by atoms with Crippen molar-refractivity contribution in [1.29, 1.82) is 0 Å². The molecule has 1 N–H and O–H groups in total. The van der Waals surface area contributed by atoms with Gasteiger partial charge in [-0.2, -0.15) is 0 Å². The van der Waals surface area contributed by atoms with Crippen molar-refractivity contribution in [2.24, 2.45) is 40.4 Å². The Morgan fingerprint density at radius 3 is 2.52 bits per heavy atom. The van der Waals surface area contributed by atoms with Gasteiger partial charge in [-0.25, -0.2) is 18.2 Å². The fourth-order valence-electron chi connectivity index (χ4n) is 10.9. The molecule has 42 heavy (non-hydrogen) atoms. The van der Waals surface area contributed by atoms with Crippen molar-refractivity contribution < 1.29 is 32.5 Å². The topological polar surface area (TPSA) is 60.8 Å². The molecule has 236 valence electrons. The Kier molecular flexibility index (Phi) is 7.54. The van der Waals surface area contributed by atoms with Crippen LogP contribution in [-0.4, -0.2) is 46.8 Å². The number of aromatic nitrogens is 1. The van der Waals surface area contributed by atoms with E-state index in [0.29, 0.717) is 49.0 Å². The Morgan fingerprint density at radius 1 is 1.02 bits per heavy atom. The predicted molar refractivity (Wildman–Crippen MR) is 154 cm³/mol. The van der Waals surface area contributed by atoms with Crippen LogP contribution in [0.15, 0.2) is 18.3 Å². The first-order valence-electron chi connectivity index (χ1n) is 16.3. The minimum atomic E-state index is -3.09. The average Bonchev–Trinajstić information content (AvgIpc) is 3.45. The van der Waals surface area contributed by atoms with Gasteiger partial charge in [-0.15, -0.1) is 0 Å². The highest BCUT2D eigenvalue weighted by Gasteiger charge is 2.77. The fraction of sp³-hybridized carbons (Fsp3) is 0.853. The maximum atomic E-state index is 17.3. The second kappa shape index (κ2) is 10.3. The van der Waals surface area contributed by atoms with Crippen molar-refractivity contribution in [3.05, 3.63) is 23.9 Å². The van der Waals surface area contributed by atoms with Gasteiger partial charge in [0.1, 0.15) is 6.10 Å². The average molecular weight is 594 g/mol. The number of pyridine rings is 1. The summed E-state index contributed by atoms with van der Waals surface area (Å²) in [7, 11) is 1.55. The number of fused-ring (bicyclic) bond motifs is 7. The fourth-order valence-corrected chi connectivity index (χ4v) is 10.9. The second-order valence-electron chi connectivity index (χ2n) is 15.3. The molecule has 0 spiro atoms. The van der Waals surface area contributed by atoms with Crippen LogP contribution in [0.2, 0.25) is 0 Å². The third-order valence-electron chi connectivity index (χ3n) is 12.9. The molecule has 5 nitrogen and oxygen atoms in total. The zero-order valence-electron chi connectivity index (χ0n) is 26.2. The summed E-state index contributed by atoms with van der Waals surface area (Å²) < 4.78 is 67.5. The molecule has 11 atom stereocenters. The van der Waals surface area contributed by atoms with Crippen LogP contribution in [0.5, 0.6) is 5.88 Å². The van der Waals surface area contributed by atoms with Crippen LogP contribution in [0.25, 0.3) is 0 Å². The lowest BCUT2D eigenvalue weighted by Gasteiger charge is -2.65. The van der Waals surface area contributed by atoms with E-state index in [-0.39, 0.29) is 17.3 Å². The van der Waals surface area contributed by atoms with Gasteiger partial charge in [0.15, 0.2) is 11.5 Å². The van der Waals surface area contributed by atoms with E-state index in [9.17, 15) is 5.11 Å². The first kappa shape index (κ1) is 30.6. The highest BCUT2D eigenvalue weighted by atomic mass is 19.3. The van der Waals surface area contributed by atoms with Gasteiger partial charge in [-0.05, 0) is 100 Å². The number of rotatable bonds is 7. The van der Waals surface area contributed by atoms with E-state index in [1.807, 2.05) is 13.0 Å². The Bertz CT molecular complexity index is 1170. The third kappa shape index (κ3) is 4.55. The maximum Gasteiger partial charge on any atom is 0.254 e. The second-order valence-corrected chi connectivity index (χ2v) is 15.3. The summed E-state index contributed by atoms with van der Waals surface area (Å²) in [5.41, 5.74) is -2.44. The van der Waals surface area contributed by atoms with Gasteiger partial charge >= 0.3 is 0 Å². The van der Waals surface area contributed by atoms with Crippen LogP contribution in [0.1, 0.15) is 110 Å². The molecule has 1 aromatic rings. The van der Waals surface area contributed by atoms with Crippen LogP contribution in [0, 0.1) is 40.4 Å². The molecule has 4 aliphatic carbocycles. The SMILES string of the molecule is COc1ncccc1C(O)CCC[C@@H](C)[C@H]1CC[C@H]2[C@H]3[C@H](CC[C@]12C)[C@@]1(C)CC[C@@H]2OC(C)(C)O[C@@H]2[C@]1(F)CC3(F)F. The molecular weight excluding hydrogens is 543 g/mol. The first-order valence-corrected chi connectivity index (χ1v) is 16.3. The quantitative estimate of drug-likeness (QED) is 0.347. The summed E-state index contributed by atoms with van der Waals surface area (Å²) in [6.07, 6.45) is 5.64. The number of nitrogens with zero attached hydrogens (tertiary/aromatic N) is 1. The van der Waals surface area contributed by atoms with E-state index in [0.717, 1.165) is 32.1 Å². The molecule has 5 aliphatic rings. The van der Waals surface area contributed by atoms with Crippen molar-refractivity contribution in [2.45, 2.75) is 135 Å². The lowest BCUT2D eigenvalue weighted by atomic mass is 9.42. The number of methoxy groups -OCH3 is 1. The molecule has 5 fully saturated rings. The van der Waals surface area contributed by atoms with E-state index in [1.165, 1.54) is 0 Å². The Morgan fingerprint density at radius 2 is 1.79 bits per heavy atom. The normalized spacial score (nSPS) is 44.8. The zero-order chi connectivity index (χ0) is 30.3. The summed E-state index contributed by atoms with van der Waals surface area (Å²) >= 11 is 0. The molecule has 8 heteroatoms. The Labute approximate surface area is 249 Å². The molecule has 0 aromatic carbocycles. The molecule has 0 amide bonds. The molecule has 1 unspecified atom stereocenters. The van der Waals surface area contributed by atoms with Crippen molar-refractivity contribution in [1.82, 2.24) is 4.98 Å². The number of hydrogen-bond acceptors (Lipinski definition) is 5. The van der Waals surface area contributed by atoms with Gasteiger partial charge in [-0.1, -0.05) is 33.6 Å². The van der Waals surface area contributed by atoms with E-state index >= 15 is 13.2 Å². The van der Waals surface area contributed by atoms with E-state index in [4.69, 9.17) is 14.2 Å². The highest BCUT2D eigenvalue weighted by molar-refractivity contribution is 5.27. The predicted octanol–water partition coefficient (Wildman–Crippen LogP) is 8.06. The van der Waals surface area contributed by atoms with Crippen LogP contribution in [-0.2, 0) is 9.47 Å². The summed E-state index contributed by atoms with van der Waals surface area (Å²) in [5.74, 6) is -4.16. The lowest BCUT2D eigenvalue weighted by molar-refractivity contribution is -0.292. The molecule has 1 aromatic heterocycles.